The smallest absolute Gasteiger partial charge is 0.129 e. The summed E-state index contributed by atoms with van der Waals surface area (Å²) in [4.78, 5) is 1.12. The monoisotopic (exact) mass is 293 g/mol. The van der Waals surface area contributed by atoms with E-state index in [0.29, 0.717) is 5.75 Å². The van der Waals surface area contributed by atoms with Gasteiger partial charge in [-0.2, -0.15) is 0 Å². The minimum absolute atomic E-state index is 0.0739. The predicted molar refractivity (Wildman–Crippen MR) is 79.9 cm³/mol. The Morgan fingerprint density at radius 3 is 2.40 bits per heavy atom. The summed E-state index contributed by atoms with van der Waals surface area (Å²) in [6.45, 7) is 2.03. The third kappa shape index (κ3) is 4.05. The van der Waals surface area contributed by atoms with Gasteiger partial charge >= 0.3 is 0 Å². The first-order valence-electron chi connectivity index (χ1n) is 6.44. The van der Waals surface area contributed by atoms with Crippen molar-refractivity contribution >= 4 is 11.8 Å². The Balaban J connectivity index is 1.94. The van der Waals surface area contributed by atoms with Gasteiger partial charge in [-0.05, 0) is 37.6 Å². The van der Waals surface area contributed by atoms with Crippen LogP contribution in [-0.4, -0.2) is 11.8 Å². The van der Waals surface area contributed by atoms with E-state index in [0.717, 1.165) is 4.90 Å². The molecule has 2 aromatic rings. The van der Waals surface area contributed by atoms with Crippen molar-refractivity contribution in [3.05, 3.63) is 65.2 Å². The SMILES string of the molecule is Cc1cccc(SCC(N)Cc2c(F)cccc2F)c1. The Bertz CT molecular complexity index is 566. The molecule has 0 radical (unpaired) electrons. The summed E-state index contributed by atoms with van der Waals surface area (Å²) in [5.74, 6) is -0.431. The Kier molecular flexibility index (Phi) is 5.15. The number of halogens is 2. The van der Waals surface area contributed by atoms with Gasteiger partial charge in [-0.3, -0.25) is 0 Å². The van der Waals surface area contributed by atoms with E-state index in [9.17, 15) is 8.78 Å². The van der Waals surface area contributed by atoms with Crippen molar-refractivity contribution in [3.8, 4) is 0 Å². The Morgan fingerprint density at radius 1 is 1.10 bits per heavy atom. The standard InChI is InChI=1S/C16H17F2NS/c1-11-4-2-5-13(8-11)20-10-12(19)9-14-15(17)6-3-7-16(14)18/h2-8,12H,9-10,19H2,1H3. The fraction of sp³-hybridized carbons (Fsp3) is 0.250. The molecule has 0 aliphatic heterocycles. The zero-order valence-electron chi connectivity index (χ0n) is 11.3. The molecule has 0 fully saturated rings. The van der Waals surface area contributed by atoms with Gasteiger partial charge in [0.05, 0.1) is 0 Å². The van der Waals surface area contributed by atoms with Gasteiger partial charge in [0.15, 0.2) is 0 Å². The third-order valence-corrected chi connectivity index (χ3v) is 4.16. The number of rotatable bonds is 5. The molecule has 1 atom stereocenters. The maximum atomic E-state index is 13.5. The molecule has 0 heterocycles. The van der Waals surface area contributed by atoms with Crippen LogP contribution in [0.2, 0.25) is 0 Å². The zero-order valence-corrected chi connectivity index (χ0v) is 12.1. The molecular formula is C16H17F2NS. The van der Waals surface area contributed by atoms with E-state index in [-0.39, 0.29) is 18.0 Å². The van der Waals surface area contributed by atoms with Gasteiger partial charge in [-0.1, -0.05) is 23.8 Å². The molecule has 0 spiro atoms. The lowest BCUT2D eigenvalue weighted by Crippen LogP contribution is -2.26. The first-order chi connectivity index (χ1) is 9.56. The molecule has 0 aliphatic rings. The van der Waals surface area contributed by atoms with E-state index >= 15 is 0 Å². The first-order valence-corrected chi connectivity index (χ1v) is 7.43. The van der Waals surface area contributed by atoms with Crippen LogP contribution in [0.5, 0.6) is 0 Å². The van der Waals surface area contributed by atoms with Crippen LogP contribution in [0.15, 0.2) is 47.4 Å². The van der Waals surface area contributed by atoms with E-state index in [1.54, 1.807) is 11.8 Å². The minimum atomic E-state index is -0.527. The maximum absolute atomic E-state index is 13.5. The Hall–Kier alpha value is -1.39. The highest BCUT2D eigenvalue weighted by molar-refractivity contribution is 7.99. The van der Waals surface area contributed by atoms with Crippen LogP contribution in [-0.2, 0) is 6.42 Å². The van der Waals surface area contributed by atoms with E-state index in [4.69, 9.17) is 5.73 Å². The van der Waals surface area contributed by atoms with E-state index < -0.39 is 11.6 Å². The van der Waals surface area contributed by atoms with Crippen molar-refractivity contribution in [1.29, 1.82) is 0 Å². The molecule has 20 heavy (non-hydrogen) atoms. The number of thioether (sulfide) groups is 1. The van der Waals surface area contributed by atoms with Crippen molar-refractivity contribution in [1.82, 2.24) is 0 Å². The van der Waals surface area contributed by atoms with Crippen LogP contribution >= 0.6 is 11.8 Å². The lowest BCUT2D eigenvalue weighted by atomic mass is 10.1. The molecule has 2 rings (SSSR count). The third-order valence-electron chi connectivity index (χ3n) is 2.98. The van der Waals surface area contributed by atoms with Crippen LogP contribution in [0, 0.1) is 18.6 Å². The van der Waals surface area contributed by atoms with Gasteiger partial charge in [0, 0.05) is 22.3 Å². The highest BCUT2D eigenvalue weighted by atomic mass is 32.2. The molecule has 0 saturated carbocycles. The maximum Gasteiger partial charge on any atom is 0.129 e. The lowest BCUT2D eigenvalue weighted by molar-refractivity contribution is 0.543. The highest BCUT2D eigenvalue weighted by Crippen LogP contribution is 2.21. The predicted octanol–water partition coefficient (Wildman–Crippen LogP) is 3.94. The summed E-state index contributed by atoms with van der Waals surface area (Å²) in [6.07, 6.45) is 0.206. The average molecular weight is 293 g/mol. The number of hydrogen-bond acceptors (Lipinski definition) is 2. The van der Waals surface area contributed by atoms with Crippen molar-refractivity contribution in [3.63, 3.8) is 0 Å². The Morgan fingerprint density at radius 2 is 1.75 bits per heavy atom. The largest absolute Gasteiger partial charge is 0.327 e. The number of nitrogens with two attached hydrogens (primary N) is 1. The van der Waals surface area contributed by atoms with Crippen LogP contribution in [0.3, 0.4) is 0 Å². The van der Waals surface area contributed by atoms with Gasteiger partial charge in [0.2, 0.25) is 0 Å². The molecule has 1 unspecified atom stereocenters. The quantitative estimate of drug-likeness (QED) is 0.845. The van der Waals surface area contributed by atoms with Gasteiger partial charge in [-0.25, -0.2) is 8.78 Å². The Labute approximate surface area is 122 Å². The molecule has 2 aromatic carbocycles. The highest BCUT2D eigenvalue weighted by Gasteiger charge is 2.13. The topological polar surface area (TPSA) is 26.0 Å². The zero-order chi connectivity index (χ0) is 14.5. The number of aryl methyl sites for hydroxylation is 1. The van der Waals surface area contributed by atoms with Crippen molar-refractivity contribution in [2.75, 3.05) is 5.75 Å². The summed E-state index contributed by atoms with van der Waals surface area (Å²) in [6, 6.07) is 11.7. The molecule has 0 aromatic heterocycles. The molecule has 0 amide bonds. The first kappa shape index (κ1) is 15.0. The second-order valence-electron chi connectivity index (χ2n) is 4.79. The second-order valence-corrected chi connectivity index (χ2v) is 5.89. The van der Waals surface area contributed by atoms with E-state index in [1.807, 2.05) is 25.1 Å². The lowest BCUT2D eigenvalue weighted by Gasteiger charge is -2.12. The van der Waals surface area contributed by atoms with Crippen LogP contribution in [0.25, 0.3) is 0 Å². The van der Waals surface area contributed by atoms with Crippen molar-refractivity contribution in [2.45, 2.75) is 24.3 Å². The number of hydrogen-bond donors (Lipinski definition) is 1. The molecule has 0 bridgehead atoms. The second kappa shape index (κ2) is 6.86. The summed E-state index contributed by atoms with van der Waals surface area (Å²) >= 11 is 1.60. The summed E-state index contributed by atoms with van der Waals surface area (Å²) in [5, 5.41) is 0. The molecule has 2 N–H and O–H groups in total. The average Bonchev–Trinajstić information content (AvgIpc) is 2.41. The van der Waals surface area contributed by atoms with Crippen LogP contribution in [0.1, 0.15) is 11.1 Å². The van der Waals surface area contributed by atoms with Crippen molar-refractivity contribution < 1.29 is 8.78 Å². The number of benzene rings is 2. The van der Waals surface area contributed by atoms with E-state index in [2.05, 4.69) is 6.07 Å². The van der Waals surface area contributed by atoms with Crippen LogP contribution in [0.4, 0.5) is 8.78 Å². The van der Waals surface area contributed by atoms with Gasteiger partial charge in [0.1, 0.15) is 11.6 Å². The molecule has 0 saturated heterocycles. The van der Waals surface area contributed by atoms with E-state index in [1.165, 1.54) is 23.8 Å². The minimum Gasteiger partial charge on any atom is -0.327 e. The van der Waals surface area contributed by atoms with Gasteiger partial charge in [-0.15, -0.1) is 11.8 Å². The molecule has 1 nitrogen and oxygen atoms in total. The fourth-order valence-corrected chi connectivity index (χ4v) is 2.93. The van der Waals surface area contributed by atoms with Crippen LogP contribution < -0.4 is 5.73 Å². The van der Waals surface area contributed by atoms with Crippen molar-refractivity contribution in [2.24, 2.45) is 5.73 Å². The van der Waals surface area contributed by atoms with Gasteiger partial charge in [0.25, 0.3) is 0 Å². The molecular weight excluding hydrogens is 276 g/mol. The normalized spacial score (nSPS) is 12.4. The molecule has 4 heteroatoms. The summed E-state index contributed by atoms with van der Waals surface area (Å²) in [5.41, 5.74) is 7.23. The molecule has 0 aliphatic carbocycles. The van der Waals surface area contributed by atoms with Gasteiger partial charge < -0.3 is 5.73 Å². The molecule has 106 valence electrons. The summed E-state index contributed by atoms with van der Waals surface area (Å²) in [7, 11) is 0. The summed E-state index contributed by atoms with van der Waals surface area (Å²) < 4.78 is 27.0. The fourth-order valence-electron chi connectivity index (χ4n) is 1.96.